The third kappa shape index (κ3) is 3.25. The van der Waals surface area contributed by atoms with E-state index >= 15 is 0 Å². The smallest absolute Gasteiger partial charge is 0.268 e. The van der Waals surface area contributed by atoms with E-state index in [2.05, 4.69) is 10.5 Å². The van der Waals surface area contributed by atoms with E-state index in [1.807, 2.05) is 61.5 Å². The summed E-state index contributed by atoms with van der Waals surface area (Å²) in [7, 11) is 0. The molecule has 1 aliphatic carbocycles. The highest BCUT2D eigenvalue weighted by molar-refractivity contribution is 7.18. The number of hydrogen-bond acceptors (Lipinski definition) is 5. The van der Waals surface area contributed by atoms with Crippen molar-refractivity contribution < 1.29 is 0 Å². The molecule has 6 heteroatoms. The number of rotatable bonds is 4. The Bertz CT molecular complexity index is 1270. The summed E-state index contributed by atoms with van der Waals surface area (Å²) in [5, 5.41) is 5.10. The molecule has 0 atom stereocenters. The fourth-order valence-electron chi connectivity index (χ4n) is 3.76. The number of fused-ring (bicyclic) bond motifs is 3. The maximum absolute atomic E-state index is 13.5. The van der Waals surface area contributed by atoms with Gasteiger partial charge in [0.2, 0.25) is 5.95 Å². The molecule has 5 rings (SSSR count). The van der Waals surface area contributed by atoms with Crippen LogP contribution in [0.2, 0.25) is 0 Å². The molecule has 0 unspecified atom stereocenters. The average molecular weight is 401 g/mol. The van der Waals surface area contributed by atoms with E-state index in [0.717, 1.165) is 46.3 Å². The van der Waals surface area contributed by atoms with Gasteiger partial charge in [0.05, 0.1) is 17.3 Å². The molecule has 0 saturated heterocycles. The molecular formula is C23H20N4OS. The molecule has 1 aliphatic rings. The Labute approximate surface area is 172 Å². The Kier molecular flexibility index (Phi) is 4.48. The Balaban J connectivity index is 1.65. The zero-order chi connectivity index (χ0) is 19.8. The number of nitrogens with one attached hydrogen (secondary N) is 1. The third-order valence-corrected chi connectivity index (χ3v) is 6.39. The van der Waals surface area contributed by atoms with Crippen molar-refractivity contribution in [3.8, 4) is 5.69 Å². The quantitative estimate of drug-likeness (QED) is 0.399. The molecule has 2 aromatic carbocycles. The molecule has 1 N–H and O–H groups in total. The van der Waals surface area contributed by atoms with Gasteiger partial charge in [-0.2, -0.15) is 5.10 Å². The van der Waals surface area contributed by atoms with E-state index in [0.29, 0.717) is 5.95 Å². The molecule has 0 radical (unpaired) electrons. The zero-order valence-corrected chi connectivity index (χ0v) is 16.9. The number of thiophene rings is 1. The summed E-state index contributed by atoms with van der Waals surface area (Å²) in [5.41, 5.74) is 7.05. The lowest BCUT2D eigenvalue weighted by Gasteiger charge is -2.12. The van der Waals surface area contributed by atoms with E-state index in [1.54, 1.807) is 22.1 Å². The molecule has 0 bridgehead atoms. The SMILES string of the molecule is Cc1ccc(-n2c(NN=Cc3ccccc3)nc3sc4c(c3c2=O)CCC4)cc1. The summed E-state index contributed by atoms with van der Waals surface area (Å²) in [6, 6.07) is 17.7. The van der Waals surface area contributed by atoms with Gasteiger partial charge in [-0.05, 0) is 49.4 Å². The summed E-state index contributed by atoms with van der Waals surface area (Å²) >= 11 is 1.63. The predicted molar refractivity (Wildman–Crippen MR) is 120 cm³/mol. The molecule has 0 amide bonds. The molecule has 4 aromatic rings. The van der Waals surface area contributed by atoms with Gasteiger partial charge in [0.15, 0.2) is 0 Å². The van der Waals surface area contributed by atoms with Crippen LogP contribution in [0.3, 0.4) is 0 Å². The molecule has 2 heterocycles. The van der Waals surface area contributed by atoms with Crippen molar-refractivity contribution in [2.24, 2.45) is 5.10 Å². The van der Waals surface area contributed by atoms with Crippen LogP contribution in [0.25, 0.3) is 15.9 Å². The minimum absolute atomic E-state index is 0.0318. The van der Waals surface area contributed by atoms with Gasteiger partial charge in [-0.3, -0.25) is 4.79 Å². The Morgan fingerprint density at radius 2 is 1.90 bits per heavy atom. The van der Waals surface area contributed by atoms with Crippen molar-refractivity contribution in [2.75, 3.05) is 5.43 Å². The second-order valence-electron chi connectivity index (χ2n) is 7.23. The highest BCUT2D eigenvalue weighted by Gasteiger charge is 2.23. The average Bonchev–Trinajstić information content (AvgIpc) is 3.31. The summed E-state index contributed by atoms with van der Waals surface area (Å²) < 4.78 is 1.63. The van der Waals surface area contributed by atoms with Crippen molar-refractivity contribution in [3.63, 3.8) is 0 Å². The van der Waals surface area contributed by atoms with Crippen molar-refractivity contribution >= 4 is 33.7 Å². The molecule has 0 aliphatic heterocycles. The van der Waals surface area contributed by atoms with Crippen LogP contribution in [-0.4, -0.2) is 15.8 Å². The van der Waals surface area contributed by atoms with E-state index in [9.17, 15) is 4.79 Å². The standard InChI is InChI=1S/C23H20N4OS/c1-15-10-12-17(13-11-15)27-22(28)20-18-8-5-9-19(18)29-21(20)25-23(27)26-24-14-16-6-3-2-4-7-16/h2-4,6-7,10-14H,5,8-9H2,1H3,(H,25,26). The van der Waals surface area contributed by atoms with Crippen LogP contribution in [0.4, 0.5) is 5.95 Å². The van der Waals surface area contributed by atoms with Crippen LogP contribution in [0, 0.1) is 6.92 Å². The number of anilines is 1. The third-order valence-electron chi connectivity index (χ3n) is 5.21. The fourth-order valence-corrected chi connectivity index (χ4v) is 5.01. The van der Waals surface area contributed by atoms with Crippen molar-refractivity contribution in [3.05, 3.63) is 86.5 Å². The monoisotopic (exact) mass is 400 g/mol. The first-order chi connectivity index (χ1) is 14.2. The minimum atomic E-state index is -0.0318. The Morgan fingerprint density at radius 1 is 1.10 bits per heavy atom. The molecule has 0 fully saturated rings. The van der Waals surface area contributed by atoms with E-state index < -0.39 is 0 Å². The zero-order valence-electron chi connectivity index (χ0n) is 16.1. The molecule has 0 spiro atoms. The molecular weight excluding hydrogens is 380 g/mol. The van der Waals surface area contributed by atoms with Crippen LogP contribution in [0.1, 0.15) is 28.0 Å². The number of hydrogen-bond donors (Lipinski definition) is 1. The summed E-state index contributed by atoms with van der Waals surface area (Å²) in [4.78, 5) is 20.4. The van der Waals surface area contributed by atoms with Crippen LogP contribution in [0.15, 0.2) is 64.5 Å². The van der Waals surface area contributed by atoms with Gasteiger partial charge < -0.3 is 0 Å². The van der Waals surface area contributed by atoms with E-state index in [4.69, 9.17) is 4.98 Å². The highest BCUT2D eigenvalue weighted by atomic mass is 32.1. The van der Waals surface area contributed by atoms with Gasteiger partial charge in [-0.15, -0.1) is 11.3 Å². The first-order valence-electron chi connectivity index (χ1n) is 9.69. The van der Waals surface area contributed by atoms with Crippen LogP contribution >= 0.6 is 11.3 Å². The van der Waals surface area contributed by atoms with E-state index in [1.165, 1.54) is 10.4 Å². The number of aryl methyl sites for hydroxylation is 3. The molecule has 29 heavy (non-hydrogen) atoms. The minimum Gasteiger partial charge on any atom is -0.268 e. The lowest BCUT2D eigenvalue weighted by Crippen LogP contribution is -2.22. The van der Waals surface area contributed by atoms with Crippen LogP contribution in [0.5, 0.6) is 0 Å². The maximum atomic E-state index is 13.5. The fraction of sp³-hybridized carbons (Fsp3) is 0.174. The number of nitrogens with zero attached hydrogens (tertiary/aromatic N) is 3. The molecule has 2 aromatic heterocycles. The van der Waals surface area contributed by atoms with Gasteiger partial charge in [0, 0.05) is 4.88 Å². The van der Waals surface area contributed by atoms with Crippen molar-refractivity contribution in [1.82, 2.24) is 9.55 Å². The molecule has 0 saturated carbocycles. The second kappa shape index (κ2) is 7.29. The summed E-state index contributed by atoms with van der Waals surface area (Å²) in [6.07, 6.45) is 4.83. The first-order valence-corrected chi connectivity index (χ1v) is 10.5. The Hall–Kier alpha value is -3.25. The molecule has 144 valence electrons. The van der Waals surface area contributed by atoms with Crippen molar-refractivity contribution in [2.45, 2.75) is 26.2 Å². The summed E-state index contributed by atoms with van der Waals surface area (Å²) in [6.45, 7) is 2.03. The lowest BCUT2D eigenvalue weighted by atomic mass is 10.2. The number of benzene rings is 2. The maximum Gasteiger partial charge on any atom is 0.268 e. The van der Waals surface area contributed by atoms with Crippen LogP contribution in [-0.2, 0) is 12.8 Å². The van der Waals surface area contributed by atoms with Gasteiger partial charge in [0.1, 0.15) is 4.83 Å². The number of aromatic nitrogens is 2. The van der Waals surface area contributed by atoms with Gasteiger partial charge in [-0.25, -0.2) is 15.0 Å². The topological polar surface area (TPSA) is 59.3 Å². The van der Waals surface area contributed by atoms with Crippen molar-refractivity contribution in [1.29, 1.82) is 0 Å². The highest BCUT2D eigenvalue weighted by Crippen LogP contribution is 2.35. The van der Waals surface area contributed by atoms with E-state index in [-0.39, 0.29) is 5.56 Å². The predicted octanol–water partition coefficient (Wildman–Crippen LogP) is 4.69. The lowest BCUT2D eigenvalue weighted by molar-refractivity contribution is 0.913. The normalized spacial score (nSPS) is 13.3. The molecule has 5 nitrogen and oxygen atoms in total. The number of hydrazone groups is 1. The van der Waals surface area contributed by atoms with Gasteiger partial charge >= 0.3 is 0 Å². The van der Waals surface area contributed by atoms with Crippen LogP contribution < -0.4 is 11.0 Å². The first kappa shape index (κ1) is 17.8. The second-order valence-corrected chi connectivity index (χ2v) is 8.31. The largest absolute Gasteiger partial charge is 0.268 e. The van der Waals surface area contributed by atoms with Gasteiger partial charge in [0.25, 0.3) is 5.56 Å². The summed E-state index contributed by atoms with van der Waals surface area (Å²) in [5.74, 6) is 0.429. The Morgan fingerprint density at radius 3 is 2.69 bits per heavy atom. The van der Waals surface area contributed by atoms with Gasteiger partial charge in [-0.1, -0.05) is 48.0 Å².